The van der Waals surface area contributed by atoms with Crippen LogP contribution < -0.4 is 15.7 Å². The molecule has 0 saturated carbocycles. The fraction of sp³-hybridized carbons (Fsp3) is 0.467. The number of rotatable bonds is 5. The number of esters is 1. The SMILES string of the molecule is CCCCOC(=O)[C@H]1CN(c2ccc3c(c2)C(F)(F)C(=O)N3)[NH+]([O-])O1. The van der Waals surface area contributed by atoms with E-state index in [2.05, 4.69) is 5.32 Å². The zero-order valence-corrected chi connectivity index (χ0v) is 13.4. The summed E-state index contributed by atoms with van der Waals surface area (Å²) in [7, 11) is 0. The fourth-order valence-corrected chi connectivity index (χ4v) is 2.60. The molecule has 2 atom stereocenters. The molecule has 0 aromatic heterocycles. The Morgan fingerprint density at radius 3 is 3.04 bits per heavy atom. The highest BCUT2D eigenvalue weighted by Crippen LogP contribution is 2.41. The molecule has 1 unspecified atom stereocenters. The number of nitrogens with zero attached hydrogens (tertiary/aromatic N) is 1. The first-order valence-corrected chi connectivity index (χ1v) is 7.83. The van der Waals surface area contributed by atoms with Crippen LogP contribution in [0.1, 0.15) is 25.3 Å². The van der Waals surface area contributed by atoms with Gasteiger partial charge in [-0.25, -0.2) is 4.79 Å². The summed E-state index contributed by atoms with van der Waals surface area (Å²) in [6, 6.07) is 3.72. The molecule has 10 heteroatoms. The molecule has 8 nitrogen and oxygen atoms in total. The Kier molecular flexibility index (Phi) is 4.58. The molecule has 2 aliphatic heterocycles. The third-order valence-corrected chi connectivity index (χ3v) is 4.00. The third-order valence-electron chi connectivity index (χ3n) is 4.00. The Morgan fingerprint density at radius 2 is 2.32 bits per heavy atom. The lowest BCUT2D eigenvalue weighted by molar-refractivity contribution is -1.04. The number of carbonyl (C=O) groups excluding carboxylic acids is 2. The molecule has 0 radical (unpaired) electrons. The minimum atomic E-state index is -3.67. The monoisotopic (exact) mass is 357 g/mol. The van der Waals surface area contributed by atoms with Gasteiger partial charge in [-0.1, -0.05) is 13.3 Å². The quantitative estimate of drug-likeness (QED) is 0.452. The zero-order chi connectivity index (χ0) is 18.2. The van der Waals surface area contributed by atoms with Crippen LogP contribution in [0.2, 0.25) is 0 Å². The molecule has 0 bridgehead atoms. The van der Waals surface area contributed by atoms with Crippen LogP contribution in [0, 0.1) is 5.21 Å². The van der Waals surface area contributed by atoms with E-state index in [1.807, 2.05) is 6.92 Å². The van der Waals surface area contributed by atoms with E-state index in [1.165, 1.54) is 12.1 Å². The summed E-state index contributed by atoms with van der Waals surface area (Å²) < 4.78 is 32.7. The van der Waals surface area contributed by atoms with Crippen LogP contribution in [0.15, 0.2) is 18.2 Å². The Morgan fingerprint density at radius 1 is 1.56 bits per heavy atom. The molecule has 1 aromatic rings. The van der Waals surface area contributed by atoms with Crippen LogP contribution >= 0.6 is 0 Å². The molecule has 2 heterocycles. The summed E-state index contributed by atoms with van der Waals surface area (Å²) in [6.07, 6.45) is 0.426. The number of hydrogen-bond donors (Lipinski definition) is 2. The minimum absolute atomic E-state index is 0.0122. The largest absolute Gasteiger partial charge is 0.574 e. The van der Waals surface area contributed by atoms with Crippen molar-refractivity contribution in [2.45, 2.75) is 31.8 Å². The second kappa shape index (κ2) is 6.54. The normalized spacial score (nSPS) is 24.2. The summed E-state index contributed by atoms with van der Waals surface area (Å²) in [6.45, 7) is 2.02. The highest BCUT2D eigenvalue weighted by molar-refractivity contribution is 6.04. The summed E-state index contributed by atoms with van der Waals surface area (Å²) in [5.74, 6) is -5.76. The van der Waals surface area contributed by atoms with E-state index in [1.54, 1.807) is 0 Å². The highest BCUT2D eigenvalue weighted by Gasteiger charge is 2.49. The van der Waals surface area contributed by atoms with Crippen LogP contribution in [0.4, 0.5) is 20.2 Å². The maximum Gasteiger partial charge on any atom is 0.352 e. The minimum Gasteiger partial charge on any atom is -0.574 e. The molecule has 136 valence electrons. The summed E-state index contributed by atoms with van der Waals surface area (Å²) >= 11 is 0. The number of fused-ring (bicyclic) bond motifs is 1. The van der Waals surface area contributed by atoms with Gasteiger partial charge < -0.3 is 15.3 Å². The van der Waals surface area contributed by atoms with E-state index < -0.39 is 34.8 Å². The molecule has 1 aromatic carbocycles. The van der Waals surface area contributed by atoms with Crippen molar-refractivity contribution in [3.8, 4) is 0 Å². The van der Waals surface area contributed by atoms with Crippen LogP contribution in [0.25, 0.3) is 0 Å². The molecule has 2 N–H and O–H groups in total. The van der Waals surface area contributed by atoms with Crippen molar-refractivity contribution in [2.75, 3.05) is 23.5 Å². The molecule has 25 heavy (non-hydrogen) atoms. The van der Waals surface area contributed by atoms with E-state index in [-0.39, 0.29) is 24.5 Å². The molecular weight excluding hydrogens is 340 g/mol. The van der Waals surface area contributed by atoms with Crippen molar-refractivity contribution in [1.29, 1.82) is 0 Å². The maximum absolute atomic E-state index is 13.9. The van der Waals surface area contributed by atoms with Crippen molar-refractivity contribution in [3.05, 3.63) is 29.0 Å². The van der Waals surface area contributed by atoms with Gasteiger partial charge in [-0.15, -0.1) is 5.34 Å². The van der Waals surface area contributed by atoms with Crippen LogP contribution in [-0.2, 0) is 25.1 Å². The molecule has 0 spiro atoms. The lowest BCUT2D eigenvalue weighted by atomic mass is 10.1. The number of anilines is 2. The average molecular weight is 357 g/mol. The van der Waals surface area contributed by atoms with Gasteiger partial charge in [0.2, 0.25) is 6.10 Å². The molecule has 1 saturated heterocycles. The number of amides is 1. The van der Waals surface area contributed by atoms with Crippen LogP contribution in [0.3, 0.4) is 0 Å². The zero-order valence-electron chi connectivity index (χ0n) is 13.4. The molecule has 0 aliphatic carbocycles. The van der Waals surface area contributed by atoms with Gasteiger partial charge in [-0.3, -0.25) is 4.79 Å². The maximum atomic E-state index is 13.9. The summed E-state index contributed by atoms with van der Waals surface area (Å²) in [4.78, 5) is 28.1. The standard InChI is InChI=1S/C15H17F2N3O5/c1-2-3-6-24-13(21)12-8-19(20(23)25-12)9-4-5-11-10(7-9)15(16,17)14(22)18-11/h4-5,7,12,20H,2-3,6,8H2,1H3,(H,18,22)/t12-/m1/s1. The third kappa shape index (κ3) is 3.15. The van der Waals surface area contributed by atoms with E-state index in [4.69, 9.17) is 9.57 Å². The van der Waals surface area contributed by atoms with E-state index >= 15 is 0 Å². The molecule has 1 fully saturated rings. The second-order valence-electron chi connectivity index (χ2n) is 5.76. The first kappa shape index (κ1) is 17.5. The van der Waals surface area contributed by atoms with Gasteiger partial charge >= 0.3 is 11.9 Å². The predicted molar refractivity (Wildman–Crippen MR) is 81.4 cm³/mol. The predicted octanol–water partition coefficient (Wildman–Crippen LogP) is 0.492. The van der Waals surface area contributed by atoms with Gasteiger partial charge in [0.25, 0.3) is 5.91 Å². The number of ether oxygens (including phenoxy) is 1. The van der Waals surface area contributed by atoms with Gasteiger partial charge in [0.1, 0.15) is 6.54 Å². The van der Waals surface area contributed by atoms with E-state index in [0.29, 0.717) is 6.42 Å². The Bertz CT molecular complexity index is 700. The average Bonchev–Trinajstić information content (AvgIpc) is 3.06. The summed E-state index contributed by atoms with van der Waals surface area (Å²) in [5.41, 5.74) is -0.414. The van der Waals surface area contributed by atoms with Crippen LogP contribution in [0.5, 0.6) is 0 Å². The number of halogens is 2. The number of alkyl halides is 2. The number of unbranched alkanes of at least 4 members (excludes halogenated alkanes) is 1. The lowest BCUT2D eigenvalue weighted by Gasteiger charge is -2.24. The molecular formula is C15H17F2N3O5. The number of quaternary nitrogens is 1. The van der Waals surface area contributed by atoms with E-state index in [9.17, 15) is 23.6 Å². The first-order chi connectivity index (χ1) is 11.8. The highest BCUT2D eigenvalue weighted by atomic mass is 19.3. The van der Waals surface area contributed by atoms with Crippen molar-refractivity contribution >= 4 is 23.3 Å². The topological polar surface area (TPSA) is 95.4 Å². The number of carbonyl (C=O) groups is 2. The van der Waals surface area contributed by atoms with Crippen LogP contribution in [-0.4, -0.2) is 31.1 Å². The molecule has 3 rings (SSSR count). The Labute approximate surface area is 141 Å². The van der Waals surface area contributed by atoms with Crippen molar-refractivity contribution in [1.82, 2.24) is 0 Å². The second-order valence-corrected chi connectivity index (χ2v) is 5.76. The van der Waals surface area contributed by atoms with Gasteiger partial charge in [-0.05, 0) is 24.6 Å². The summed E-state index contributed by atoms with van der Waals surface area (Å²) in [5, 5.41) is 14.3. The fourth-order valence-electron chi connectivity index (χ4n) is 2.60. The van der Waals surface area contributed by atoms with Gasteiger partial charge in [0, 0.05) is 0 Å². The van der Waals surface area contributed by atoms with Crippen molar-refractivity contribution in [2.24, 2.45) is 0 Å². The first-order valence-electron chi connectivity index (χ1n) is 7.83. The Balaban J connectivity index is 1.74. The number of hydrogen-bond acceptors (Lipinski definition) is 6. The van der Waals surface area contributed by atoms with Gasteiger partial charge in [-0.2, -0.15) is 18.6 Å². The molecule has 1 amide bonds. The smallest absolute Gasteiger partial charge is 0.352 e. The van der Waals surface area contributed by atoms with Crippen molar-refractivity contribution < 1.29 is 33.3 Å². The Hall–Kier alpha value is -2.30. The van der Waals surface area contributed by atoms with Gasteiger partial charge in [0.15, 0.2) is 0 Å². The number of nitrogens with one attached hydrogen (secondary N) is 2. The van der Waals surface area contributed by atoms with E-state index in [0.717, 1.165) is 17.5 Å². The lowest BCUT2D eigenvalue weighted by Crippen LogP contribution is -3.11. The molecule has 2 aliphatic rings. The van der Waals surface area contributed by atoms with Crippen molar-refractivity contribution in [3.63, 3.8) is 0 Å². The number of benzene rings is 1. The van der Waals surface area contributed by atoms with Gasteiger partial charge in [0.05, 0.1) is 23.5 Å².